The van der Waals surface area contributed by atoms with Gasteiger partial charge in [0.2, 0.25) is 0 Å². The molecule has 3 heterocycles. The maximum atomic E-state index is 12.3. The Morgan fingerprint density at radius 3 is 2.89 bits per heavy atom. The highest BCUT2D eigenvalue weighted by Gasteiger charge is 2.24. The summed E-state index contributed by atoms with van der Waals surface area (Å²) in [5.41, 5.74) is 1.29. The standard InChI is InChI=1S/C12H14N4O2/c17-9-1-4-15(5-2-9)12(18)10-7-14-16-6-3-13-8-11(10)16/h3,6-9,17H,1-2,4-5H2. The Balaban J connectivity index is 1.88. The summed E-state index contributed by atoms with van der Waals surface area (Å²) in [6, 6.07) is 0. The Morgan fingerprint density at radius 1 is 1.33 bits per heavy atom. The summed E-state index contributed by atoms with van der Waals surface area (Å²) in [4.78, 5) is 18.1. The second kappa shape index (κ2) is 4.38. The molecule has 0 atom stereocenters. The van der Waals surface area contributed by atoms with Crippen molar-refractivity contribution in [2.24, 2.45) is 0 Å². The zero-order chi connectivity index (χ0) is 12.5. The van der Waals surface area contributed by atoms with Crippen LogP contribution in [-0.2, 0) is 0 Å². The number of piperidine rings is 1. The molecule has 0 bridgehead atoms. The maximum Gasteiger partial charge on any atom is 0.257 e. The van der Waals surface area contributed by atoms with E-state index in [1.54, 1.807) is 34.2 Å². The Labute approximate surface area is 104 Å². The molecule has 1 aliphatic heterocycles. The number of likely N-dealkylation sites (tertiary alicyclic amines) is 1. The first kappa shape index (κ1) is 11.2. The summed E-state index contributed by atoms with van der Waals surface area (Å²) in [5, 5.41) is 13.6. The van der Waals surface area contributed by atoms with E-state index in [-0.39, 0.29) is 12.0 Å². The van der Waals surface area contributed by atoms with Gasteiger partial charge in [0.05, 0.1) is 29.6 Å². The second-order valence-corrected chi connectivity index (χ2v) is 4.49. The molecule has 1 saturated heterocycles. The van der Waals surface area contributed by atoms with Gasteiger partial charge in [0.15, 0.2) is 0 Å². The van der Waals surface area contributed by atoms with Crippen LogP contribution in [0.5, 0.6) is 0 Å². The lowest BCUT2D eigenvalue weighted by molar-refractivity contribution is 0.0548. The highest BCUT2D eigenvalue weighted by atomic mass is 16.3. The van der Waals surface area contributed by atoms with Crippen molar-refractivity contribution in [2.45, 2.75) is 18.9 Å². The van der Waals surface area contributed by atoms with Crippen LogP contribution in [0.1, 0.15) is 23.2 Å². The Hall–Kier alpha value is -1.95. The van der Waals surface area contributed by atoms with Crippen molar-refractivity contribution in [3.8, 4) is 0 Å². The molecule has 1 aliphatic rings. The second-order valence-electron chi connectivity index (χ2n) is 4.49. The van der Waals surface area contributed by atoms with Gasteiger partial charge in [-0.1, -0.05) is 0 Å². The van der Waals surface area contributed by atoms with E-state index >= 15 is 0 Å². The highest BCUT2D eigenvalue weighted by Crippen LogP contribution is 2.16. The quantitative estimate of drug-likeness (QED) is 0.787. The smallest absolute Gasteiger partial charge is 0.257 e. The normalized spacial score (nSPS) is 17.3. The lowest BCUT2D eigenvalue weighted by Gasteiger charge is -2.29. The van der Waals surface area contributed by atoms with Gasteiger partial charge < -0.3 is 10.0 Å². The molecule has 3 rings (SSSR count). The summed E-state index contributed by atoms with van der Waals surface area (Å²) in [6.07, 6.45) is 7.56. The predicted molar refractivity (Wildman–Crippen MR) is 64.1 cm³/mol. The zero-order valence-corrected chi connectivity index (χ0v) is 9.86. The van der Waals surface area contributed by atoms with E-state index in [2.05, 4.69) is 10.1 Å². The number of hydrogen-bond acceptors (Lipinski definition) is 4. The molecular weight excluding hydrogens is 232 g/mol. The molecule has 0 aromatic carbocycles. The molecule has 2 aromatic rings. The molecule has 2 aromatic heterocycles. The van der Waals surface area contributed by atoms with E-state index in [9.17, 15) is 9.90 Å². The van der Waals surface area contributed by atoms with Crippen LogP contribution in [0.2, 0.25) is 0 Å². The van der Waals surface area contributed by atoms with Crippen LogP contribution in [0.4, 0.5) is 0 Å². The summed E-state index contributed by atoms with van der Waals surface area (Å²) in [7, 11) is 0. The van der Waals surface area contributed by atoms with Gasteiger partial charge in [0, 0.05) is 25.5 Å². The number of amides is 1. The van der Waals surface area contributed by atoms with Crippen LogP contribution >= 0.6 is 0 Å². The average molecular weight is 246 g/mol. The van der Waals surface area contributed by atoms with Crippen molar-refractivity contribution in [2.75, 3.05) is 13.1 Å². The minimum Gasteiger partial charge on any atom is -0.393 e. The minimum absolute atomic E-state index is 0.0371. The van der Waals surface area contributed by atoms with Gasteiger partial charge in [-0.2, -0.15) is 5.10 Å². The number of carbonyl (C=O) groups is 1. The van der Waals surface area contributed by atoms with Crippen LogP contribution in [0, 0.1) is 0 Å². The van der Waals surface area contributed by atoms with Crippen molar-refractivity contribution >= 4 is 11.4 Å². The third-order valence-electron chi connectivity index (χ3n) is 3.31. The maximum absolute atomic E-state index is 12.3. The highest BCUT2D eigenvalue weighted by molar-refractivity contribution is 6.00. The van der Waals surface area contributed by atoms with E-state index in [1.165, 1.54) is 0 Å². The molecule has 18 heavy (non-hydrogen) atoms. The van der Waals surface area contributed by atoms with Crippen LogP contribution in [-0.4, -0.2) is 49.7 Å². The molecule has 0 spiro atoms. The summed E-state index contributed by atoms with van der Waals surface area (Å²) in [5.74, 6) is -0.0371. The fourth-order valence-electron chi connectivity index (χ4n) is 2.24. The molecule has 6 nitrogen and oxygen atoms in total. The van der Waals surface area contributed by atoms with Gasteiger partial charge in [-0.25, -0.2) is 4.52 Å². The monoisotopic (exact) mass is 246 g/mol. The number of hydrogen-bond donors (Lipinski definition) is 1. The number of carbonyl (C=O) groups excluding carboxylic acids is 1. The number of aliphatic hydroxyl groups excluding tert-OH is 1. The topological polar surface area (TPSA) is 70.7 Å². The molecule has 94 valence electrons. The van der Waals surface area contributed by atoms with Crippen molar-refractivity contribution in [3.05, 3.63) is 30.4 Å². The Kier molecular flexibility index (Phi) is 2.71. The molecule has 1 N–H and O–H groups in total. The lowest BCUT2D eigenvalue weighted by atomic mass is 10.1. The first-order chi connectivity index (χ1) is 8.75. The Bertz CT molecular complexity index is 572. The summed E-state index contributed by atoms with van der Waals surface area (Å²) >= 11 is 0. The van der Waals surface area contributed by atoms with Crippen LogP contribution in [0.25, 0.3) is 5.52 Å². The minimum atomic E-state index is -0.278. The summed E-state index contributed by atoms with van der Waals surface area (Å²) in [6.45, 7) is 1.19. The molecule has 1 amide bonds. The van der Waals surface area contributed by atoms with E-state index in [4.69, 9.17) is 0 Å². The molecule has 6 heteroatoms. The third kappa shape index (κ3) is 1.84. The predicted octanol–water partition coefficient (Wildman–Crippen LogP) is 0.326. The van der Waals surface area contributed by atoms with Gasteiger partial charge in [0.1, 0.15) is 0 Å². The van der Waals surface area contributed by atoms with Crippen molar-refractivity contribution in [3.63, 3.8) is 0 Å². The van der Waals surface area contributed by atoms with Gasteiger partial charge in [0.25, 0.3) is 5.91 Å². The van der Waals surface area contributed by atoms with Crippen LogP contribution < -0.4 is 0 Å². The first-order valence-corrected chi connectivity index (χ1v) is 6.00. The first-order valence-electron chi connectivity index (χ1n) is 6.00. The molecule has 0 aliphatic carbocycles. The van der Waals surface area contributed by atoms with E-state index in [0.717, 1.165) is 0 Å². The lowest BCUT2D eigenvalue weighted by Crippen LogP contribution is -2.40. The van der Waals surface area contributed by atoms with Crippen molar-refractivity contribution in [1.29, 1.82) is 0 Å². The van der Waals surface area contributed by atoms with E-state index in [1.807, 2.05) is 0 Å². The average Bonchev–Trinajstić information content (AvgIpc) is 2.82. The number of fused-ring (bicyclic) bond motifs is 1. The van der Waals surface area contributed by atoms with Gasteiger partial charge >= 0.3 is 0 Å². The van der Waals surface area contributed by atoms with Crippen LogP contribution in [0.3, 0.4) is 0 Å². The molecule has 0 saturated carbocycles. The van der Waals surface area contributed by atoms with E-state index < -0.39 is 0 Å². The SMILES string of the molecule is O=C(c1cnn2ccncc12)N1CCC(O)CC1. The number of nitrogens with zero attached hydrogens (tertiary/aromatic N) is 4. The van der Waals surface area contributed by atoms with E-state index in [0.29, 0.717) is 37.0 Å². The van der Waals surface area contributed by atoms with Crippen molar-refractivity contribution in [1.82, 2.24) is 19.5 Å². The Morgan fingerprint density at radius 2 is 2.11 bits per heavy atom. The molecule has 0 radical (unpaired) electrons. The zero-order valence-electron chi connectivity index (χ0n) is 9.86. The van der Waals surface area contributed by atoms with Crippen LogP contribution in [0.15, 0.2) is 24.8 Å². The fourth-order valence-corrected chi connectivity index (χ4v) is 2.24. The number of aromatic nitrogens is 3. The largest absolute Gasteiger partial charge is 0.393 e. The molecular formula is C12H14N4O2. The van der Waals surface area contributed by atoms with Gasteiger partial charge in [-0.3, -0.25) is 9.78 Å². The fraction of sp³-hybridized carbons (Fsp3) is 0.417. The third-order valence-corrected chi connectivity index (χ3v) is 3.31. The molecule has 1 fully saturated rings. The number of aliphatic hydroxyl groups is 1. The number of rotatable bonds is 1. The van der Waals surface area contributed by atoms with Gasteiger partial charge in [-0.05, 0) is 12.8 Å². The van der Waals surface area contributed by atoms with Gasteiger partial charge in [-0.15, -0.1) is 0 Å². The molecule has 0 unspecified atom stereocenters. The summed E-state index contributed by atoms with van der Waals surface area (Å²) < 4.78 is 1.64. The van der Waals surface area contributed by atoms with Crippen molar-refractivity contribution < 1.29 is 9.90 Å².